The van der Waals surface area contributed by atoms with E-state index in [0.717, 1.165) is 31.9 Å². The summed E-state index contributed by atoms with van der Waals surface area (Å²) in [6, 6.07) is 8.05. The maximum absolute atomic E-state index is 5.82. The second-order valence-electron chi connectivity index (χ2n) is 4.67. The van der Waals surface area contributed by atoms with Crippen LogP contribution in [0.1, 0.15) is 20.3 Å². The Morgan fingerprint density at radius 1 is 1.32 bits per heavy atom. The van der Waals surface area contributed by atoms with Crippen molar-refractivity contribution in [1.82, 2.24) is 4.90 Å². The van der Waals surface area contributed by atoms with Crippen molar-refractivity contribution in [2.24, 2.45) is 0 Å². The van der Waals surface area contributed by atoms with E-state index >= 15 is 0 Å². The molecule has 2 N–H and O–H groups in total. The second-order valence-corrected chi connectivity index (χ2v) is 4.67. The number of ether oxygens (including phenoxy) is 2. The number of nitrogens with zero attached hydrogens (tertiary/aromatic N) is 1. The van der Waals surface area contributed by atoms with E-state index in [2.05, 4.69) is 18.7 Å². The molecule has 108 valence electrons. The standard InChI is InChI=1S/C15H26N2O2/c1-4-17(13(2)12-18-3)10-7-11-19-15-9-6-5-8-14(15)16/h5-6,8-9,13H,4,7,10-12,16H2,1-3H3. The van der Waals surface area contributed by atoms with E-state index in [1.165, 1.54) is 0 Å². The number of nitrogens with two attached hydrogens (primary N) is 1. The Bertz CT molecular complexity index is 358. The molecule has 1 aromatic carbocycles. The Kier molecular flexibility index (Phi) is 7.30. The van der Waals surface area contributed by atoms with Crippen molar-refractivity contribution in [1.29, 1.82) is 0 Å². The van der Waals surface area contributed by atoms with Crippen LogP contribution in [0.3, 0.4) is 0 Å². The topological polar surface area (TPSA) is 47.7 Å². The van der Waals surface area contributed by atoms with Crippen molar-refractivity contribution < 1.29 is 9.47 Å². The van der Waals surface area contributed by atoms with Gasteiger partial charge in [0.1, 0.15) is 5.75 Å². The van der Waals surface area contributed by atoms with Crippen molar-refractivity contribution in [2.45, 2.75) is 26.3 Å². The minimum atomic E-state index is 0.441. The number of rotatable bonds is 9. The summed E-state index contributed by atoms with van der Waals surface area (Å²) in [6.45, 7) is 7.84. The fraction of sp³-hybridized carbons (Fsp3) is 0.600. The molecule has 0 radical (unpaired) electrons. The fourth-order valence-electron chi connectivity index (χ4n) is 2.10. The summed E-state index contributed by atoms with van der Waals surface area (Å²) < 4.78 is 10.9. The first kappa shape index (κ1) is 15.8. The van der Waals surface area contributed by atoms with E-state index in [0.29, 0.717) is 18.3 Å². The molecular formula is C15H26N2O2. The van der Waals surface area contributed by atoms with Crippen molar-refractivity contribution in [3.05, 3.63) is 24.3 Å². The SMILES string of the molecule is CCN(CCCOc1ccccc1N)C(C)COC. The Hall–Kier alpha value is -1.26. The number of benzene rings is 1. The van der Waals surface area contributed by atoms with Crippen molar-refractivity contribution in [2.75, 3.05) is 39.1 Å². The van der Waals surface area contributed by atoms with Gasteiger partial charge in [-0.3, -0.25) is 4.90 Å². The number of methoxy groups -OCH3 is 1. The van der Waals surface area contributed by atoms with Crippen LogP contribution in [0.25, 0.3) is 0 Å². The van der Waals surface area contributed by atoms with Gasteiger partial charge in [-0.1, -0.05) is 19.1 Å². The lowest BCUT2D eigenvalue weighted by atomic mass is 10.2. The van der Waals surface area contributed by atoms with Crippen molar-refractivity contribution >= 4 is 5.69 Å². The molecule has 4 heteroatoms. The maximum Gasteiger partial charge on any atom is 0.142 e. The summed E-state index contributed by atoms with van der Waals surface area (Å²) in [4.78, 5) is 2.39. The van der Waals surface area contributed by atoms with Gasteiger partial charge in [-0.25, -0.2) is 0 Å². The van der Waals surface area contributed by atoms with E-state index in [-0.39, 0.29) is 0 Å². The lowest BCUT2D eigenvalue weighted by molar-refractivity contribution is 0.0985. The smallest absolute Gasteiger partial charge is 0.142 e. The van der Waals surface area contributed by atoms with Crippen LogP contribution < -0.4 is 10.5 Å². The predicted molar refractivity (Wildman–Crippen MR) is 79.6 cm³/mol. The lowest BCUT2D eigenvalue weighted by Gasteiger charge is -2.27. The summed E-state index contributed by atoms with van der Waals surface area (Å²) in [5.41, 5.74) is 6.52. The number of para-hydroxylation sites is 2. The third kappa shape index (κ3) is 5.49. The van der Waals surface area contributed by atoms with E-state index in [1.807, 2.05) is 24.3 Å². The highest BCUT2D eigenvalue weighted by molar-refractivity contribution is 5.51. The first-order valence-electron chi connectivity index (χ1n) is 6.89. The van der Waals surface area contributed by atoms with E-state index in [4.69, 9.17) is 15.2 Å². The molecule has 0 bridgehead atoms. The lowest BCUT2D eigenvalue weighted by Crippen LogP contribution is -2.37. The minimum Gasteiger partial charge on any atom is -0.491 e. The van der Waals surface area contributed by atoms with E-state index < -0.39 is 0 Å². The molecule has 1 unspecified atom stereocenters. The van der Waals surface area contributed by atoms with Gasteiger partial charge in [-0.05, 0) is 32.0 Å². The van der Waals surface area contributed by atoms with Crippen LogP contribution in [-0.2, 0) is 4.74 Å². The molecule has 0 amide bonds. The largest absolute Gasteiger partial charge is 0.491 e. The Balaban J connectivity index is 2.27. The Labute approximate surface area is 116 Å². The highest BCUT2D eigenvalue weighted by atomic mass is 16.5. The van der Waals surface area contributed by atoms with Crippen molar-refractivity contribution in [3.63, 3.8) is 0 Å². The van der Waals surface area contributed by atoms with E-state index in [1.54, 1.807) is 7.11 Å². The average Bonchev–Trinajstić information content (AvgIpc) is 2.41. The maximum atomic E-state index is 5.82. The molecule has 4 nitrogen and oxygen atoms in total. The molecule has 0 aliphatic heterocycles. The third-order valence-electron chi connectivity index (χ3n) is 3.20. The van der Waals surface area contributed by atoms with Crippen LogP contribution in [0, 0.1) is 0 Å². The van der Waals surface area contributed by atoms with Gasteiger partial charge >= 0.3 is 0 Å². The van der Waals surface area contributed by atoms with Gasteiger partial charge in [-0.15, -0.1) is 0 Å². The van der Waals surface area contributed by atoms with Crippen LogP contribution in [0.15, 0.2) is 24.3 Å². The molecule has 0 aromatic heterocycles. The zero-order valence-corrected chi connectivity index (χ0v) is 12.3. The third-order valence-corrected chi connectivity index (χ3v) is 3.20. The second kappa shape index (κ2) is 8.77. The van der Waals surface area contributed by atoms with Crippen LogP contribution in [0.5, 0.6) is 5.75 Å². The van der Waals surface area contributed by atoms with Gasteiger partial charge in [0.15, 0.2) is 0 Å². The molecule has 19 heavy (non-hydrogen) atoms. The zero-order valence-electron chi connectivity index (χ0n) is 12.3. The summed E-state index contributed by atoms with van der Waals surface area (Å²) >= 11 is 0. The van der Waals surface area contributed by atoms with Crippen molar-refractivity contribution in [3.8, 4) is 5.75 Å². The first-order valence-corrected chi connectivity index (χ1v) is 6.89. The fourth-order valence-corrected chi connectivity index (χ4v) is 2.10. The summed E-state index contributed by atoms with van der Waals surface area (Å²) in [5.74, 6) is 0.774. The number of anilines is 1. The van der Waals surface area contributed by atoms with Gasteiger partial charge in [0, 0.05) is 19.7 Å². The molecule has 0 aliphatic carbocycles. The monoisotopic (exact) mass is 266 g/mol. The quantitative estimate of drug-likeness (QED) is 0.551. The molecule has 0 saturated heterocycles. The van der Waals surface area contributed by atoms with Crippen LogP contribution in [-0.4, -0.2) is 44.4 Å². The molecule has 0 saturated carbocycles. The molecule has 1 aromatic rings. The minimum absolute atomic E-state index is 0.441. The first-order chi connectivity index (χ1) is 9.19. The van der Waals surface area contributed by atoms with Gasteiger partial charge in [-0.2, -0.15) is 0 Å². The number of hydrogen-bond acceptors (Lipinski definition) is 4. The average molecular weight is 266 g/mol. The van der Waals surface area contributed by atoms with Crippen LogP contribution in [0.2, 0.25) is 0 Å². The van der Waals surface area contributed by atoms with Gasteiger partial charge in [0.2, 0.25) is 0 Å². The highest BCUT2D eigenvalue weighted by Crippen LogP contribution is 2.19. The molecule has 1 atom stereocenters. The molecule has 0 fully saturated rings. The zero-order chi connectivity index (χ0) is 14.1. The number of likely N-dealkylation sites (N-methyl/N-ethyl adjacent to an activating group) is 1. The van der Waals surface area contributed by atoms with Gasteiger partial charge in [0.25, 0.3) is 0 Å². The summed E-state index contributed by atoms with van der Waals surface area (Å²) in [5, 5.41) is 0. The van der Waals surface area contributed by atoms with Crippen LogP contribution in [0.4, 0.5) is 5.69 Å². The Morgan fingerprint density at radius 3 is 2.68 bits per heavy atom. The highest BCUT2D eigenvalue weighted by Gasteiger charge is 2.11. The van der Waals surface area contributed by atoms with E-state index in [9.17, 15) is 0 Å². The van der Waals surface area contributed by atoms with Gasteiger partial charge < -0.3 is 15.2 Å². The predicted octanol–water partition coefficient (Wildman–Crippen LogP) is 2.39. The molecule has 0 spiro atoms. The number of nitrogen functional groups attached to an aromatic ring is 1. The normalized spacial score (nSPS) is 12.6. The Morgan fingerprint density at radius 2 is 2.05 bits per heavy atom. The molecular weight excluding hydrogens is 240 g/mol. The molecule has 0 heterocycles. The summed E-state index contributed by atoms with van der Waals surface area (Å²) in [7, 11) is 1.74. The van der Waals surface area contributed by atoms with Gasteiger partial charge in [0.05, 0.1) is 18.9 Å². The molecule has 1 rings (SSSR count). The molecule has 0 aliphatic rings. The summed E-state index contributed by atoms with van der Waals surface area (Å²) in [6.07, 6.45) is 0.982. The van der Waals surface area contributed by atoms with Crippen LogP contribution >= 0.6 is 0 Å². The number of hydrogen-bond donors (Lipinski definition) is 1.